The molecule has 4 heteroatoms. The number of pyridine rings is 1. The van der Waals surface area contributed by atoms with Crippen LogP contribution in [0.15, 0.2) is 18.2 Å². The Bertz CT molecular complexity index is 227. The summed E-state index contributed by atoms with van der Waals surface area (Å²) in [5.74, 6) is 0. The molecule has 0 radical (unpaired) electrons. The molecule has 0 saturated carbocycles. The van der Waals surface area contributed by atoms with Crippen LogP contribution in [0.3, 0.4) is 0 Å². The Kier molecular flexibility index (Phi) is 11.8. The minimum Gasteiger partial charge on any atom is -0.412 e. The van der Waals surface area contributed by atoms with Crippen molar-refractivity contribution in [2.75, 3.05) is 13.2 Å². The second kappa shape index (κ2) is 10.3. The van der Waals surface area contributed by atoms with Crippen LogP contribution in [0.1, 0.15) is 24.2 Å². The van der Waals surface area contributed by atoms with Gasteiger partial charge in [-0.15, -0.1) is 24.0 Å². The van der Waals surface area contributed by atoms with Crippen LogP contribution in [-0.4, -0.2) is 23.7 Å². The molecule has 1 saturated heterocycles. The maximum atomic E-state index is 4.94. The van der Waals surface area contributed by atoms with Crippen LogP contribution in [0, 0.1) is 13.8 Å². The molecular formula is C11H20INO2. The van der Waals surface area contributed by atoms with E-state index in [-0.39, 0.29) is 29.5 Å². The van der Waals surface area contributed by atoms with Crippen molar-refractivity contribution in [3.63, 3.8) is 0 Å². The first-order valence-electron chi connectivity index (χ1n) is 4.77. The summed E-state index contributed by atoms with van der Waals surface area (Å²) in [7, 11) is 0. The second-order valence-corrected chi connectivity index (χ2v) is 3.24. The van der Waals surface area contributed by atoms with E-state index in [1.165, 1.54) is 12.8 Å². The van der Waals surface area contributed by atoms with E-state index >= 15 is 0 Å². The van der Waals surface area contributed by atoms with E-state index in [0.29, 0.717) is 0 Å². The number of hydrogen-bond donors (Lipinski definition) is 0. The molecule has 2 N–H and O–H groups in total. The third-order valence-electron chi connectivity index (χ3n) is 1.85. The van der Waals surface area contributed by atoms with Gasteiger partial charge in [-0.25, -0.2) is 0 Å². The van der Waals surface area contributed by atoms with Gasteiger partial charge in [-0.3, -0.25) is 4.98 Å². The standard InChI is InChI=1S/C7H9N.C4H8O.HI.H2O/c1-6-4-3-5-7(2)8-6;1-2-4-5-3-1;;/h3-5H,1-2H3;1-4H2;1H;1H2. The molecule has 1 aromatic heterocycles. The molecule has 88 valence electrons. The van der Waals surface area contributed by atoms with Crippen LogP contribution in [-0.2, 0) is 4.74 Å². The summed E-state index contributed by atoms with van der Waals surface area (Å²) in [4.78, 5) is 4.17. The molecule has 3 nitrogen and oxygen atoms in total. The minimum absolute atomic E-state index is 0. The molecule has 0 aromatic carbocycles. The molecule has 1 fully saturated rings. The summed E-state index contributed by atoms with van der Waals surface area (Å²) in [5.41, 5.74) is 2.18. The van der Waals surface area contributed by atoms with Crippen molar-refractivity contribution >= 4 is 24.0 Å². The molecule has 0 amide bonds. The number of ether oxygens (including phenoxy) is 1. The summed E-state index contributed by atoms with van der Waals surface area (Å²) < 4.78 is 4.94. The Hall–Kier alpha value is -0.200. The second-order valence-electron chi connectivity index (χ2n) is 3.24. The fraction of sp³-hybridized carbons (Fsp3) is 0.545. The zero-order valence-electron chi connectivity index (χ0n) is 9.32. The van der Waals surface area contributed by atoms with Crippen LogP contribution in [0.25, 0.3) is 0 Å². The Labute approximate surface area is 109 Å². The minimum atomic E-state index is 0. The van der Waals surface area contributed by atoms with Crippen molar-refractivity contribution in [3.8, 4) is 0 Å². The number of aryl methyl sites for hydroxylation is 2. The molecular weight excluding hydrogens is 305 g/mol. The van der Waals surface area contributed by atoms with Gasteiger partial charge in [-0.05, 0) is 38.8 Å². The lowest BCUT2D eigenvalue weighted by Crippen LogP contribution is -1.81. The van der Waals surface area contributed by atoms with Gasteiger partial charge in [0.2, 0.25) is 0 Å². The highest BCUT2D eigenvalue weighted by molar-refractivity contribution is 14.0. The first-order valence-corrected chi connectivity index (χ1v) is 4.77. The quantitative estimate of drug-likeness (QED) is 0.687. The largest absolute Gasteiger partial charge is 0.412 e. The monoisotopic (exact) mass is 325 g/mol. The van der Waals surface area contributed by atoms with Crippen molar-refractivity contribution in [2.45, 2.75) is 26.7 Å². The Morgan fingerprint density at radius 1 is 1.07 bits per heavy atom. The highest BCUT2D eigenvalue weighted by Crippen LogP contribution is 1.98. The van der Waals surface area contributed by atoms with Crippen LogP contribution < -0.4 is 0 Å². The van der Waals surface area contributed by atoms with Crippen molar-refractivity contribution in [2.24, 2.45) is 0 Å². The molecule has 1 aromatic rings. The lowest BCUT2D eigenvalue weighted by molar-refractivity contribution is 0.198. The maximum Gasteiger partial charge on any atom is 0.0466 e. The smallest absolute Gasteiger partial charge is 0.0466 e. The van der Waals surface area contributed by atoms with Crippen molar-refractivity contribution in [1.29, 1.82) is 0 Å². The number of nitrogens with zero attached hydrogens (tertiary/aromatic N) is 1. The third kappa shape index (κ3) is 8.77. The Morgan fingerprint density at radius 3 is 1.73 bits per heavy atom. The van der Waals surface area contributed by atoms with Gasteiger partial charge in [0.05, 0.1) is 0 Å². The van der Waals surface area contributed by atoms with Gasteiger partial charge in [-0.1, -0.05) is 6.07 Å². The zero-order valence-corrected chi connectivity index (χ0v) is 11.7. The van der Waals surface area contributed by atoms with Crippen LogP contribution in [0.4, 0.5) is 0 Å². The van der Waals surface area contributed by atoms with E-state index in [2.05, 4.69) is 4.98 Å². The molecule has 0 unspecified atom stereocenters. The van der Waals surface area contributed by atoms with Crippen molar-refractivity contribution in [1.82, 2.24) is 4.98 Å². The summed E-state index contributed by atoms with van der Waals surface area (Å²) >= 11 is 0. The van der Waals surface area contributed by atoms with E-state index in [0.717, 1.165) is 24.6 Å². The van der Waals surface area contributed by atoms with Gasteiger partial charge in [0.15, 0.2) is 0 Å². The fourth-order valence-corrected chi connectivity index (χ4v) is 1.19. The lowest BCUT2D eigenvalue weighted by Gasteiger charge is -1.90. The first-order chi connectivity index (χ1) is 6.29. The van der Waals surface area contributed by atoms with Gasteiger partial charge < -0.3 is 10.2 Å². The van der Waals surface area contributed by atoms with Gasteiger partial charge in [0.1, 0.15) is 0 Å². The van der Waals surface area contributed by atoms with E-state index in [1.807, 2.05) is 32.0 Å². The summed E-state index contributed by atoms with van der Waals surface area (Å²) in [6, 6.07) is 6.00. The first kappa shape index (κ1) is 17.2. The van der Waals surface area contributed by atoms with Gasteiger partial charge >= 0.3 is 0 Å². The molecule has 15 heavy (non-hydrogen) atoms. The van der Waals surface area contributed by atoms with E-state index < -0.39 is 0 Å². The van der Waals surface area contributed by atoms with Gasteiger partial charge in [-0.2, -0.15) is 0 Å². The predicted molar refractivity (Wildman–Crippen MR) is 72.8 cm³/mol. The lowest BCUT2D eigenvalue weighted by atomic mass is 10.3. The van der Waals surface area contributed by atoms with Crippen molar-refractivity contribution < 1.29 is 10.2 Å². The Balaban J connectivity index is 0. The molecule has 0 spiro atoms. The summed E-state index contributed by atoms with van der Waals surface area (Å²) in [6.45, 7) is 5.99. The Morgan fingerprint density at radius 2 is 1.53 bits per heavy atom. The van der Waals surface area contributed by atoms with Crippen LogP contribution >= 0.6 is 24.0 Å². The molecule has 2 heterocycles. The van der Waals surface area contributed by atoms with Gasteiger partial charge in [0, 0.05) is 24.6 Å². The molecule has 0 aliphatic carbocycles. The third-order valence-corrected chi connectivity index (χ3v) is 1.85. The fourth-order valence-electron chi connectivity index (χ4n) is 1.19. The van der Waals surface area contributed by atoms with E-state index in [1.54, 1.807) is 0 Å². The normalized spacial score (nSPS) is 12.9. The predicted octanol–water partition coefficient (Wildman–Crippen LogP) is 2.29. The zero-order chi connectivity index (χ0) is 9.52. The summed E-state index contributed by atoms with van der Waals surface area (Å²) in [6.07, 6.45) is 2.56. The SMILES string of the molecule is C1CCOC1.Cc1cccc(C)n1.I.O. The summed E-state index contributed by atoms with van der Waals surface area (Å²) in [5, 5.41) is 0. The molecule has 0 atom stereocenters. The number of rotatable bonds is 0. The molecule has 0 bridgehead atoms. The van der Waals surface area contributed by atoms with Crippen molar-refractivity contribution in [3.05, 3.63) is 29.6 Å². The molecule has 2 rings (SSSR count). The number of aromatic nitrogens is 1. The van der Waals surface area contributed by atoms with Gasteiger partial charge in [0.25, 0.3) is 0 Å². The topological polar surface area (TPSA) is 53.6 Å². The maximum absolute atomic E-state index is 4.94. The number of hydrogen-bond acceptors (Lipinski definition) is 2. The number of halogens is 1. The average molecular weight is 325 g/mol. The van der Waals surface area contributed by atoms with E-state index in [4.69, 9.17) is 4.74 Å². The van der Waals surface area contributed by atoms with Crippen LogP contribution in [0.2, 0.25) is 0 Å². The molecule has 1 aliphatic rings. The highest BCUT2D eigenvalue weighted by atomic mass is 127. The highest BCUT2D eigenvalue weighted by Gasteiger charge is 1.94. The average Bonchev–Trinajstić information content (AvgIpc) is 2.59. The molecule has 1 aliphatic heterocycles. The van der Waals surface area contributed by atoms with Crippen LogP contribution in [0.5, 0.6) is 0 Å². The van der Waals surface area contributed by atoms with E-state index in [9.17, 15) is 0 Å².